The quantitative estimate of drug-likeness (QED) is 0.751. The van der Waals surface area contributed by atoms with Crippen molar-refractivity contribution in [3.8, 4) is 0 Å². The van der Waals surface area contributed by atoms with E-state index in [-0.39, 0.29) is 0 Å². The Bertz CT molecular complexity index is 372. The summed E-state index contributed by atoms with van der Waals surface area (Å²) < 4.78 is 0. The van der Waals surface area contributed by atoms with Crippen molar-refractivity contribution in [1.82, 2.24) is 4.98 Å². The molecule has 0 aromatic carbocycles. The van der Waals surface area contributed by atoms with Crippen LogP contribution in [-0.4, -0.2) is 11.0 Å². The van der Waals surface area contributed by atoms with Crippen LogP contribution < -0.4 is 16.8 Å². The second kappa shape index (κ2) is 5.25. The normalized spacial score (nSPS) is 18.9. The fourth-order valence-electron chi connectivity index (χ4n) is 2.55. The average molecular weight is 234 g/mol. The molecule has 0 saturated heterocycles. The summed E-state index contributed by atoms with van der Waals surface area (Å²) in [5.41, 5.74) is 11.9. The maximum absolute atomic E-state index is 5.70. The number of nitrogen functional groups attached to an aromatic ring is 2. The highest BCUT2D eigenvalue weighted by Crippen LogP contribution is 2.28. The minimum absolute atomic E-state index is 0.408. The highest BCUT2D eigenvalue weighted by Gasteiger charge is 2.20. The zero-order valence-corrected chi connectivity index (χ0v) is 10.4. The number of aromatic nitrogens is 1. The van der Waals surface area contributed by atoms with Gasteiger partial charge < -0.3 is 16.8 Å². The van der Waals surface area contributed by atoms with E-state index in [0.717, 1.165) is 11.7 Å². The molecule has 1 unspecified atom stereocenters. The van der Waals surface area contributed by atoms with E-state index < -0.39 is 0 Å². The number of hydrogen-bond donors (Lipinski definition) is 3. The van der Waals surface area contributed by atoms with Crippen molar-refractivity contribution < 1.29 is 0 Å². The number of anilines is 3. The minimum Gasteiger partial charge on any atom is -0.396 e. The van der Waals surface area contributed by atoms with Gasteiger partial charge in [-0.1, -0.05) is 19.3 Å². The second-order valence-electron chi connectivity index (χ2n) is 5.00. The van der Waals surface area contributed by atoms with E-state index in [1.807, 2.05) is 6.07 Å². The number of hydrogen-bond acceptors (Lipinski definition) is 4. The molecule has 4 heteroatoms. The molecule has 1 aromatic rings. The van der Waals surface area contributed by atoms with E-state index in [9.17, 15) is 0 Å². The summed E-state index contributed by atoms with van der Waals surface area (Å²) in [6, 6.07) is 4.15. The lowest BCUT2D eigenvalue weighted by Crippen LogP contribution is -2.28. The number of nitrogens with two attached hydrogens (primary N) is 2. The lowest BCUT2D eigenvalue weighted by Gasteiger charge is -2.28. The van der Waals surface area contributed by atoms with Gasteiger partial charge >= 0.3 is 0 Å². The first-order valence-corrected chi connectivity index (χ1v) is 6.45. The molecule has 0 bridgehead atoms. The van der Waals surface area contributed by atoms with Crippen LogP contribution in [-0.2, 0) is 0 Å². The third-order valence-corrected chi connectivity index (χ3v) is 3.69. The summed E-state index contributed by atoms with van der Waals surface area (Å²) in [6.45, 7) is 2.23. The van der Waals surface area contributed by atoms with Crippen LogP contribution in [0.1, 0.15) is 39.0 Å². The van der Waals surface area contributed by atoms with Gasteiger partial charge in [0.05, 0.1) is 5.69 Å². The van der Waals surface area contributed by atoms with Gasteiger partial charge in [-0.25, -0.2) is 4.98 Å². The fourth-order valence-corrected chi connectivity index (χ4v) is 2.55. The predicted molar refractivity (Wildman–Crippen MR) is 72.7 cm³/mol. The van der Waals surface area contributed by atoms with Gasteiger partial charge in [0.1, 0.15) is 11.6 Å². The topological polar surface area (TPSA) is 77.0 Å². The van der Waals surface area contributed by atoms with Gasteiger partial charge in [-0.05, 0) is 37.8 Å². The van der Waals surface area contributed by atoms with Crippen LogP contribution in [0.5, 0.6) is 0 Å². The third-order valence-electron chi connectivity index (χ3n) is 3.69. The molecular formula is C13H22N4. The zero-order chi connectivity index (χ0) is 12.3. The number of nitrogens with zero attached hydrogens (tertiary/aromatic N) is 1. The molecule has 1 atom stereocenters. The highest BCUT2D eigenvalue weighted by atomic mass is 15.0. The molecule has 1 heterocycles. The zero-order valence-electron chi connectivity index (χ0n) is 10.4. The van der Waals surface area contributed by atoms with Crippen molar-refractivity contribution in [2.45, 2.75) is 45.1 Å². The number of rotatable bonds is 3. The molecule has 2 rings (SSSR count). The molecule has 1 fully saturated rings. The molecule has 4 nitrogen and oxygen atoms in total. The van der Waals surface area contributed by atoms with Crippen LogP contribution in [0.2, 0.25) is 0 Å². The van der Waals surface area contributed by atoms with Crippen molar-refractivity contribution in [2.24, 2.45) is 5.92 Å². The first-order chi connectivity index (χ1) is 8.16. The fraction of sp³-hybridized carbons (Fsp3) is 0.615. The van der Waals surface area contributed by atoms with Crippen LogP contribution in [0.15, 0.2) is 12.1 Å². The molecular weight excluding hydrogens is 212 g/mol. The summed E-state index contributed by atoms with van der Waals surface area (Å²) >= 11 is 0. The molecule has 0 spiro atoms. The molecule has 1 aromatic heterocycles. The second-order valence-corrected chi connectivity index (χ2v) is 5.00. The van der Waals surface area contributed by atoms with Crippen molar-refractivity contribution in [1.29, 1.82) is 0 Å². The highest BCUT2D eigenvalue weighted by molar-refractivity contribution is 5.61. The number of pyridine rings is 1. The number of nitrogens with one attached hydrogen (secondary N) is 1. The van der Waals surface area contributed by atoms with Crippen LogP contribution in [0.25, 0.3) is 0 Å². The smallest absolute Gasteiger partial charge is 0.149 e. The molecule has 1 saturated carbocycles. The Labute approximate surface area is 103 Å². The Morgan fingerprint density at radius 2 is 1.94 bits per heavy atom. The third kappa shape index (κ3) is 3.02. The van der Waals surface area contributed by atoms with Gasteiger partial charge in [-0.15, -0.1) is 0 Å². The van der Waals surface area contributed by atoms with Crippen LogP contribution in [0.4, 0.5) is 17.3 Å². The largest absolute Gasteiger partial charge is 0.396 e. The maximum Gasteiger partial charge on any atom is 0.149 e. The van der Waals surface area contributed by atoms with Gasteiger partial charge in [-0.2, -0.15) is 0 Å². The Morgan fingerprint density at radius 1 is 1.24 bits per heavy atom. The van der Waals surface area contributed by atoms with Crippen molar-refractivity contribution in [3.63, 3.8) is 0 Å². The molecule has 0 amide bonds. The van der Waals surface area contributed by atoms with E-state index in [2.05, 4.69) is 17.2 Å². The summed E-state index contributed by atoms with van der Waals surface area (Å²) in [5.74, 6) is 1.99. The predicted octanol–water partition coefficient (Wildman–Crippen LogP) is 2.63. The monoisotopic (exact) mass is 234 g/mol. The molecule has 0 radical (unpaired) electrons. The first kappa shape index (κ1) is 12.0. The van der Waals surface area contributed by atoms with E-state index in [1.54, 1.807) is 6.07 Å². The van der Waals surface area contributed by atoms with Gasteiger partial charge in [0.15, 0.2) is 0 Å². The van der Waals surface area contributed by atoms with Crippen LogP contribution >= 0.6 is 0 Å². The van der Waals surface area contributed by atoms with Crippen molar-refractivity contribution in [3.05, 3.63) is 12.1 Å². The Balaban J connectivity index is 1.96. The molecule has 1 aliphatic rings. The lowest BCUT2D eigenvalue weighted by molar-refractivity contribution is 0.328. The minimum atomic E-state index is 0.408. The lowest BCUT2D eigenvalue weighted by atomic mass is 9.84. The summed E-state index contributed by atoms with van der Waals surface area (Å²) in [5, 5.41) is 3.43. The van der Waals surface area contributed by atoms with Gasteiger partial charge in [-0.3, -0.25) is 0 Å². The Morgan fingerprint density at radius 3 is 2.59 bits per heavy atom. The van der Waals surface area contributed by atoms with Gasteiger partial charge in [0.2, 0.25) is 0 Å². The van der Waals surface area contributed by atoms with Crippen molar-refractivity contribution in [2.75, 3.05) is 16.8 Å². The van der Waals surface area contributed by atoms with E-state index >= 15 is 0 Å². The van der Waals surface area contributed by atoms with Crippen LogP contribution in [0, 0.1) is 5.92 Å². The summed E-state index contributed by atoms with van der Waals surface area (Å²) in [7, 11) is 0. The van der Waals surface area contributed by atoms with Crippen molar-refractivity contribution >= 4 is 17.3 Å². The Kier molecular flexibility index (Phi) is 3.71. The molecule has 5 N–H and O–H groups in total. The first-order valence-electron chi connectivity index (χ1n) is 6.45. The standard InChI is InChI=1S/C13H22N4/c1-9(10-5-3-2-4-6-10)16-12-8-7-11(14)13(15)17-12/h7-10H,2-6,14H2,1H3,(H3,15,16,17). The molecule has 17 heavy (non-hydrogen) atoms. The van der Waals surface area contributed by atoms with Crippen LogP contribution in [0.3, 0.4) is 0 Å². The van der Waals surface area contributed by atoms with E-state index in [4.69, 9.17) is 11.5 Å². The SMILES string of the molecule is CC(Nc1ccc(N)c(N)n1)C1CCCCC1. The van der Waals surface area contributed by atoms with Gasteiger partial charge in [0, 0.05) is 6.04 Å². The average Bonchev–Trinajstić information content (AvgIpc) is 2.35. The van der Waals surface area contributed by atoms with Gasteiger partial charge in [0.25, 0.3) is 0 Å². The summed E-state index contributed by atoms with van der Waals surface area (Å²) in [6.07, 6.45) is 6.73. The molecule has 0 aliphatic heterocycles. The Hall–Kier alpha value is -1.45. The molecule has 94 valence electrons. The van der Waals surface area contributed by atoms with E-state index in [0.29, 0.717) is 17.5 Å². The maximum atomic E-state index is 5.70. The summed E-state index contributed by atoms with van der Waals surface area (Å²) in [4.78, 5) is 4.25. The van der Waals surface area contributed by atoms with E-state index in [1.165, 1.54) is 32.1 Å². The molecule has 1 aliphatic carbocycles.